The molecule has 1 unspecified atom stereocenters. The third-order valence-electron chi connectivity index (χ3n) is 5.11. The fourth-order valence-corrected chi connectivity index (χ4v) is 4.34. The molecule has 0 aliphatic heterocycles. The van der Waals surface area contributed by atoms with Gasteiger partial charge in [-0.2, -0.15) is 0 Å². The minimum Gasteiger partial charge on any atom is -0.302 e. The van der Waals surface area contributed by atoms with Crippen molar-refractivity contribution in [3.05, 3.63) is 41.8 Å². The van der Waals surface area contributed by atoms with Crippen molar-refractivity contribution in [3.63, 3.8) is 0 Å². The Kier molecular flexibility index (Phi) is 3.00. The number of benzene rings is 1. The molecule has 1 aromatic carbocycles. The van der Waals surface area contributed by atoms with Crippen LogP contribution in [0.2, 0.25) is 5.15 Å². The summed E-state index contributed by atoms with van der Waals surface area (Å²) < 4.78 is 0. The summed E-state index contributed by atoms with van der Waals surface area (Å²) in [6.07, 6.45) is 7.05. The highest BCUT2D eigenvalue weighted by Gasteiger charge is 2.65. The van der Waals surface area contributed by atoms with Gasteiger partial charge in [0, 0.05) is 23.7 Å². The highest BCUT2D eigenvalue weighted by Crippen LogP contribution is 2.70. The van der Waals surface area contributed by atoms with Gasteiger partial charge in [-0.3, -0.25) is 4.79 Å². The van der Waals surface area contributed by atoms with E-state index in [1.807, 2.05) is 24.4 Å². The van der Waals surface area contributed by atoms with Gasteiger partial charge < -0.3 is 5.32 Å². The number of aromatic nitrogens is 2. The van der Waals surface area contributed by atoms with Crippen LogP contribution in [0.15, 0.2) is 36.7 Å². The van der Waals surface area contributed by atoms with Crippen molar-refractivity contribution in [1.29, 1.82) is 0 Å². The maximum absolute atomic E-state index is 12.2. The maximum atomic E-state index is 12.2. The molecule has 2 aromatic heterocycles. The Morgan fingerprint density at radius 1 is 1.21 bits per heavy atom. The van der Waals surface area contributed by atoms with Crippen molar-refractivity contribution >= 4 is 44.7 Å². The van der Waals surface area contributed by atoms with E-state index in [2.05, 4.69) is 21.4 Å². The number of hydrogen-bond acceptors (Lipinski definition) is 4. The molecule has 4 nitrogen and oxygen atoms in total. The highest BCUT2D eigenvalue weighted by atomic mass is 35.5. The number of amides is 1. The Balaban J connectivity index is 1.39. The molecule has 2 fully saturated rings. The van der Waals surface area contributed by atoms with Gasteiger partial charge in [0.25, 0.3) is 0 Å². The number of anilines is 1. The van der Waals surface area contributed by atoms with Crippen LogP contribution in [0.25, 0.3) is 21.2 Å². The first kappa shape index (κ1) is 14.4. The van der Waals surface area contributed by atoms with E-state index in [-0.39, 0.29) is 11.8 Å². The minimum atomic E-state index is 0.129. The average molecular weight is 356 g/mol. The van der Waals surface area contributed by atoms with Crippen LogP contribution >= 0.6 is 22.9 Å². The zero-order valence-electron chi connectivity index (χ0n) is 12.8. The van der Waals surface area contributed by atoms with Gasteiger partial charge in [-0.15, -0.1) is 0 Å². The zero-order valence-corrected chi connectivity index (χ0v) is 14.3. The number of nitrogens with one attached hydrogen (secondary N) is 1. The maximum Gasteiger partial charge on any atom is 0.229 e. The first-order chi connectivity index (χ1) is 11.6. The van der Waals surface area contributed by atoms with E-state index in [9.17, 15) is 4.79 Å². The molecular formula is C18H14ClN3OS. The van der Waals surface area contributed by atoms with Crippen LogP contribution < -0.4 is 5.32 Å². The van der Waals surface area contributed by atoms with Crippen LogP contribution in [0.5, 0.6) is 0 Å². The highest BCUT2D eigenvalue weighted by molar-refractivity contribution is 7.19. The van der Waals surface area contributed by atoms with E-state index >= 15 is 0 Å². The average Bonchev–Trinajstić information content (AvgIpc) is 3.47. The summed E-state index contributed by atoms with van der Waals surface area (Å²) in [6, 6.07) is 7.98. The van der Waals surface area contributed by atoms with E-state index in [0.29, 0.717) is 15.7 Å². The fourth-order valence-electron chi connectivity index (χ4n) is 3.36. The molecule has 6 heteroatoms. The first-order valence-corrected chi connectivity index (χ1v) is 9.15. The van der Waals surface area contributed by atoms with Gasteiger partial charge >= 0.3 is 0 Å². The van der Waals surface area contributed by atoms with Crippen molar-refractivity contribution in [3.8, 4) is 10.4 Å². The number of rotatable bonds is 3. The number of thiazole rings is 1. The zero-order chi connectivity index (χ0) is 16.3. The molecule has 2 saturated carbocycles. The van der Waals surface area contributed by atoms with E-state index in [1.165, 1.54) is 24.2 Å². The number of carbonyl (C=O) groups excluding carboxylic acids is 1. The summed E-state index contributed by atoms with van der Waals surface area (Å²) in [5, 5.41) is 6.21. The molecule has 120 valence electrons. The topological polar surface area (TPSA) is 54.9 Å². The summed E-state index contributed by atoms with van der Waals surface area (Å²) in [5.74, 6) is 0.338. The summed E-state index contributed by atoms with van der Waals surface area (Å²) >= 11 is 7.47. The molecule has 24 heavy (non-hydrogen) atoms. The Morgan fingerprint density at radius 3 is 2.88 bits per heavy atom. The molecule has 0 bridgehead atoms. The number of halogens is 1. The largest absolute Gasteiger partial charge is 0.302 e. The lowest BCUT2D eigenvalue weighted by Gasteiger charge is -2.02. The van der Waals surface area contributed by atoms with Crippen molar-refractivity contribution < 1.29 is 4.79 Å². The number of pyridine rings is 1. The van der Waals surface area contributed by atoms with Gasteiger partial charge in [0.05, 0.1) is 4.88 Å². The number of carbonyl (C=O) groups is 1. The van der Waals surface area contributed by atoms with E-state index < -0.39 is 0 Å². The van der Waals surface area contributed by atoms with E-state index in [0.717, 1.165) is 27.6 Å². The standard InChI is InChI=1S/C18H14ClN3OS/c19-15-6-12-5-10(1-2-11(12)8-20-15)14-9-21-17(24-14)22-16(23)13-7-18(13)3-4-18/h1-2,5-6,8-9,13H,3-4,7H2,(H,21,22,23). The predicted molar refractivity (Wildman–Crippen MR) is 96.3 cm³/mol. The molecule has 1 atom stereocenters. The van der Waals surface area contributed by atoms with Crippen LogP contribution in [-0.4, -0.2) is 15.9 Å². The summed E-state index contributed by atoms with van der Waals surface area (Å²) in [7, 11) is 0. The number of nitrogens with zero attached hydrogens (tertiary/aromatic N) is 2. The van der Waals surface area contributed by atoms with Gasteiger partial charge in [-0.05, 0) is 47.8 Å². The fraction of sp³-hybridized carbons (Fsp3) is 0.278. The Hall–Kier alpha value is -1.98. The van der Waals surface area contributed by atoms with Crippen LogP contribution in [0.1, 0.15) is 19.3 Å². The third kappa shape index (κ3) is 2.39. The van der Waals surface area contributed by atoms with E-state index in [4.69, 9.17) is 11.6 Å². The molecule has 3 aromatic rings. The van der Waals surface area contributed by atoms with Crippen LogP contribution in [-0.2, 0) is 4.79 Å². The lowest BCUT2D eigenvalue weighted by atomic mass is 10.1. The second-order valence-electron chi connectivity index (χ2n) is 6.71. The van der Waals surface area contributed by atoms with Gasteiger partial charge in [-0.1, -0.05) is 35.1 Å². The minimum absolute atomic E-state index is 0.129. The number of hydrogen-bond donors (Lipinski definition) is 1. The van der Waals surface area contributed by atoms with Crippen LogP contribution in [0.4, 0.5) is 5.13 Å². The van der Waals surface area contributed by atoms with Gasteiger partial charge in [-0.25, -0.2) is 9.97 Å². The second kappa shape index (κ2) is 5.01. The lowest BCUT2D eigenvalue weighted by Crippen LogP contribution is -2.14. The van der Waals surface area contributed by atoms with Gasteiger partial charge in [0.1, 0.15) is 5.15 Å². The summed E-state index contributed by atoms with van der Waals surface area (Å²) in [6.45, 7) is 0. The van der Waals surface area contributed by atoms with Crippen molar-refractivity contribution in [2.45, 2.75) is 19.3 Å². The third-order valence-corrected chi connectivity index (χ3v) is 6.28. The number of fused-ring (bicyclic) bond motifs is 1. The molecule has 1 N–H and O–H groups in total. The lowest BCUT2D eigenvalue weighted by molar-refractivity contribution is -0.117. The van der Waals surface area contributed by atoms with Crippen molar-refractivity contribution in [2.75, 3.05) is 5.32 Å². The van der Waals surface area contributed by atoms with Crippen molar-refractivity contribution in [2.24, 2.45) is 11.3 Å². The smallest absolute Gasteiger partial charge is 0.229 e. The van der Waals surface area contributed by atoms with Crippen LogP contribution in [0, 0.1) is 11.3 Å². The molecule has 2 aliphatic carbocycles. The molecular weight excluding hydrogens is 342 g/mol. The second-order valence-corrected chi connectivity index (χ2v) is 8.12. The molecule has 1 spiro atoms. The SMILES string of the molecule is O=C(Nc1ncc(-c2ccc3cnc(Cl)cc3c2)s1)C1CC12CC2. The van der Waals surface area contributed by atoms with Gasteiger partial charge in [0.2, 0.25) is 5.91 Å². The molecule has 2 heterocycles. The molecule has 0 saturated heterocycles. The monoisotopic (exact) mass is 355 g/mol. The summed E-state index contributed by atoms with van der Waals surface area (Å²) in [4.78, 5) is 21.7. The van der Waals surface area contributed by atoms with Crippen molar-refractivity contribution in [1.82, 2.24) is 9.97 Å². The molecule has 0 radical (unpaired) electrons. The van der Waals surface area contributed by atoms with Crippen LogP contribution in [0.3, 0.4) is 0 Å². The van der Waals surface area contributed by atoms with Gasteiger partial charge in [0.15, 0.2) is 5.13 Å². The summed E-state index contributed by atoms with van der Waals surface area (Å²) in [5.41, 5.74) is 1.43. The predicted octanol–water partition coefficient (Wildman–Crippen LogP) is 4.75. The normalized spacial score (nSPS) is 20.3. The quantitative estimate of drug-likeness (QED) is 0.690. The first-order valence-electron chi connectivity index (χ1n) is 7.95. The van der Waals surface area contributed by atoms with E-state index in [1.54, 1.807) is 6.20 Å². The Labute approximate surface area is 147 Å². The Morgan fingerprint density at radius 2 is 2.08 bits per heavy atom. The molecule has 2 aliphatic rings. The molecule has 5 rings (SSSR count). The Bertz CT molecular complexity index is 979. The molecule has 1 amide bonds.